The minimum absolute atomic E-state index is 0.0371. The number of nitrogens with one attached hydrogen (secondary N) is 2. The Bertz CT molecular complexity index is 754. The maximum absolute atomic E-state index is 12.6. The maximum Gasteiger partial charge on any atom is 0.255 e. The molecule has 1 aromatic rings. The summed E-state index contributed by atoms with van der Waals surface area (Å²) in [6.45, 7) is 12.8. The zero-order chi connectivity index (χ0) is 21.5. The Balaban J connectivity index is 1.53. The molecule has 0 saturated carbocycles. The van der Waals surface area contributed by atoms with Crippen LogP contribution in [0.1, 0.15) is 31.5 Å². The van der Waals surface area contributed by atoms with Crippen molar-refractivity contribution >= 4 is 11.9 Å². The summed E-state index contributed by atoms with van der Waals surface area (Å²) >= 11 is 0. The van der Waals surface area contributed by atoms with E-state index in [0.29, 0.717) is 62.4 Å². The van der Waals surface area contributed by atoms with Gasteiger partial charge in [-0.3, -0.25) is 19.5 Å². The van der Waals surface area contributed by atoms with E-state index in [9.17, 15) is 9.59 Å². The monoisotopic (exact) mass is 421 g/mol. The van der Waals surface area contributed by atoms with Gasteiger partial charge < -0.3 is 19.7 Å². The van der Waals surface area contributed by atoms with Crippen LogP contribution in [0.2, 0.25) is 0 Å². The molecule has 0 aromatic carbocycles. The van der Waals surface area contributed by atoms with E-state index in [1.54, 1.807) is 0 Å². The molecule has 3 rings (SSSR count). The highest BCUT2D eigenvalue weighted by atomic mass is 16.5. The summed E-state index contributed by atoms with van der Waals surface area (Å²) in [6, 6.07) is 0.289. The van der Waals surface area contributed by atoms with Gasteiger partial charge in [0.2, 0.25) is 11.9 Å². The number of anilines is 1. The summed E-state index contributed by atoms with van der Waals surface area (Å²) in [5.41, 5.74) is 1.10. The van der Waals surface area contributed by atoms with Crippen molar-refractivity contribution in [3.05, 3.63) is 21.6 Å². The molecule has 0 bridgehead atoms. The van der Waals surface area contributed by atoms with E-state index in [4.69, 9.17) is 9.47 Å². The highest BCUT2D eigenvalue weighted by Crippen LogP contribution is 2.13. The molecular formula is C21H35N5O4. The van der Waals surface area contributed by atoms with Crippen molar-refractivity contribution in [3.8, 4) is 0 Å². The summed E-state index contributed by atoms with van der Waals surface area (Å²) in [6.07, 6.45) is 0.656. The van der Waals surface area contributed by atoms with E-state index in [1.165, 1.54) is 0 Å². The first-order valence-electron chi connectivity index (χ1n) is 11.0. The molecule has 0 aliphatic carbocycles. The van der Waals surface area contributed by atoms with Crippen LogP contribution in [0.15, 0.2) is 4.79 Å². The standard InChI is InChI=1S/C21H35N5O4/c1-15(2)18(25-6-10-29-11-7-25)14-22-19(27)5-4-17-16(3)23-21(24-20(17)28)26-8-12-30-13-9-26/h15,18H,4-14H2,1-3H3,(H,22,27)(H,23,24,28). The number of aryl methyl sites for hydroxylation is 1. The molecule has 2 N–H and O–H groups in total. The van der Waals surface area contributed by atoms with Crippen molar-refractivity contribution in [2.24, 2.45) is 5.92 Å². The van der Waals surface area contributed by atoms with E-state index in [2.05, 4.69) is 34.0 Å². The number of hydrogen-bond donors (Lipinski definition) is 2. The average Bonchev–Trinajstić information content (AvgIpc) is 2.74. The maximum atomic E-state index is 12.6. The number of aromatic nitrogens is 2. The van der Waals surface area contributed by atoms with Crippen molar-refractivity contribution in [1.29, 1.82) is 0 Å². The minimum atomic E-state index is -0.162. The van der Waals surface area contributed by atoms with E-state index in [-0.39, 0.29) is 23.9 Å². The second-order valence-corrected chi connectivity index (χ2v) is 8.32. The van der Waals surface area contributed by atoms with Crippen LogP contribution in [0.3, 0.4) is 0 Å². The Morgan fingerprint density at radius 1 is 1.13 bits per heavy atom. The predicted molar refractivity (Wildman–Crippen MR) is 115 cm³/mol. The molecule has 2 fully saturated rings. The molecule has 9 nitrogen and oxygen atoms in total. The van der Waals surface area contributed by atoms with Crippen LogP contribution in [0, 0.1) is 12.8 Å². The van der Waals surface area contributed by atoms with Gasteiger partial charge in [0.15, 0.2) is 0 Å². The van der Waals surface area contributed by atoms with Crippen molar-refractivity contribution in [2.45, 2.75) is 39.7 Å². The number of morpholine rings is 2. The number of aromatic amines is 1. The first kappa shape index (κ1) is 22.7. The van der Waals surface area contributed by atoms with Crippen molar-refractivity contribution in [2.75, 3.05) is 64.1 Å². The van der Waals surface area contributed by atoms with Gasteiger partial charge >= 0.3 is 0 Å². The Morgan fingerprint density at radius 3 is 2.37 bits per heavy atom. The topological polar surface area (TPSA) is 99.8 Å². The van der Waals surface area contributed by atoms with Crippen LogP contribution < -0.4 is 15.8 Å². The summed E-state index contributed by atoms with van der Waals surface area (Å²) < 4.78 is 10.8. The smallest absolute Gasteiger partial charge is 0.255 e. The summed E-state index contributed by atoms with van der Waals surface area (Å²) in [7, 11) is 0. The van der Waals surface area contributed by atoms with Crippen LogP contribution in [0.4, 0.5) is 5.95 Å². The molecule has 1 atom stereocenters. The molecule has 2 aliphatic heterocycles. The first-order chi connectivity index (χ1) is 14.5. The number of carbonyl (C=O) groups is 1. The van der Waals surface area contributed by atoms with Gasteiger partial charge in [0.1, 0.15) is 0 Å². The van der Waals surface area contributed by atoms with Crippen LogP contribution in [0.5, 0.6) is 0 Å². The lowest BCUT2D eigenvalue weighted by atomic mass is 10.0. The highest BCUT2D eigenvalue weighted by Gasteiger charge is 2.24. The molecule has 3 heterocycles. The SMILES string of the molecule is Cc1nc(N2CCOCC2)[nH]c(=O)c1CCC(=O)NCC(C(C)C)N1CCOCC1. The fraction of sp³-hybridized carbons (Fsp3) is 0.762. The molecule has 0 spiro atoms. The number of ether oxygens (including phenoxy) is 2. The lowest BCUT2D eigenvalue weighted by Gasteiger charge is -2.36. The first-order valence-corrected chi connectivity index (χ1v) is 11.0. The third-order valence-electron chi connectivity index (χ3n) is 5.92. The van der Waals surface area contributed by atoms with Crippen LogP contribution in [0.25, 0.3) is 0 Å². The number of rotatable bonds is 8. The number of amides is 1. The van der Waals surface area contributed by atoms with Crippen molar-refractivity contribution in [3.63, 3.8) is 0 Å². The third-order valence-corrected chi connectivity index (χ3v) is 5.92. The van der Waals surface area contributed by atoms with Gasteiger partial charge in [-0.05, 0) is 19.3 Å². The predicted octanol–water partition coefficient (Wildman–Crippen LogP) is 0.321. The van der Waals surface area contributed by atoms with Gasteiger partial charge in [-0.25, -0.2) is 4.98 Å². The highest BCUT2D eigenvalue weighted by molar-refractivity contribution is 5.76. The van der Waals surface area contributed by atoms with E-state index in [1.807, 2.05) is 11.8 Å². The Morgan fingerprint density at radius 2 is 1.77 bits per heavy atom. The van der Waals surface area contributed by atoms with Crippen LogP contribution in [-0.4, -0.2) is 86.0 Å². The van der Waals surface area contributed by atoms with Crippen molar-refractivity contribution in [1.82, 2.24) is 20.2 Å². The summed E-state index contributed by atoms with van der Waals surface area (Å²) in [5.74, 6) is 0.981. The normalized spacial score (nSPS) is 19.1. The van der Waals surface area contributed by atoms with E-state index >= 15 is 0 Å². The van der Waals surface area contributed by atoms with Gasteiger partial charge in [-0.2, -0.15) is 0 Å². The largest absolute Gasteiger partial charge is 0.379 e. The van der Waals surface area contributed by atoms with E-state index < -0.39 is 0 Å². The molecule has 0 radical (unpaired) electrons. The van der Waals surface area contributed by atoms with Crippen LogP contribution >= 0.6 is 0 Å². The number of H-pyrrole nitrogens is 1. The molecule has 30 heavy (non-hydrogen) atoms. The van der Waals surface area contributed by atoms with E-state index in [0.717, 1.165) is 26.3 Å². The third kappa shape index (κ3) is 6.02. The Hall–Kier alpha value is -1.97. The van der Waals surface area contributed by atoms with Crippen molar-refractivity contribution < 1.29 is 14.3 Å². The van der Waals surface area contributed by atoms with Crippen LogP contribution in [-0.2, 0) is 20.7 Å². The summed E-state index contributed by atoms with van der Waals surface area (Å²) in [5, 5.41) is 3.06. The molecule has 1 amide bonds. The molecule has 2 aliphatic rings. The van der Waals surface area contributed by atoms with Gasteiger partial charge in [-0.1, -0.05) is 13.8 Å². The second-order valence-electron chi connectivity index (χ2n) is 8.32. The molecule has 9 heteroatoms. The molecule has 168 valence electrons. The summed E-state index contributed by atoms with van der Waals surface area (Å²) in [4.78, 5) is 36.9. The minimum Gasteiger partial charge on any atom is -0.379 e. The number of hydrogen-bond acceptors (Lipinski definition) is 7. The molecule has 2 saturated heterocycles. The Labute approximate surface area is 178 Å². The van der Waals surface area contributed by atoms with Gasteiger partial charge in [0.25, 0.3) is 5.56 Å². The quantitative estimate of drug-likeness (QED) is 0.624. The average molecular weight is 422 g/mol. The second kappa shape index (κ2) is 10.9. The molecule has 1 aromatic heterocycles. The molecular weight excluding hydrogens is 386 g/mol. The van der Waals surface area contributed by atoms with Gasteiger partial charge in [0.05, 0.1) is 26.4 Å². The fourth-order valence-corrected chi connectivity index (χ4v) is 4.06. The zero-order valence-corrected chi connectivity index (χ0v) is 18.4. The number of carbonyl (C=O) groups excluding carboxylic acids is 1. The van der Waals surface area contributed by atoms with Gasteiger partial charge in [0, 0.05) is 56.4 Å². The lowest BCUT2D eigenvalue weighted by molar-refractivity contribution is -0.121. The fourth-order valence-electron chi connectivity index (χ4n) is 4.06. The number of nitrogens with zero attached hydrogens (tertiary/aromatic N) is 3. The molecule has 1 unspecified atom stereocenters. The lowest BCUT2D eigenvalue weighted by Crippen LogP contribution is -2.51. The van der Waals surface area contributed by atoms with Gasteiger partial charge in [-0.15, -0.1) is 0 Å². The Kier molecular flexibility index (Phi) is 8.24. The zero-order valence-electron chi connectivity index (χ0n) is 18.4.